The highest BCUT2D eigenvalue weighted by Gasteiger charge is 2.75. The number of aryl methyl sites for hydroxylation is 4. The highest BCUT2D eigenvalue weighted by molar-refractivity contribution is 9.09. The van der Waals surface area contributed by atoms with Crippen LogP contribution < -0.4 is 26.4 Å². The van der Waals surface area contributed by atoms with E-state index in [0.717, 1.165) is 9.47 Å². The molecule has 51 heavy (non-hydrogen) atoms. The van der Waals surface area contributed by atoms with Crippen LogP contribution in [-0.2, 0) is 36.1 Å². The van der Waals surface area contributed by atoms with Crippen molar-refractivity contribution in [1.29, 1.82) is 0 Å². The van der Waals surface area contributed by atoms with Gasteiger partial charge in [-0.15, -0.1) is 23.2 Å². The number of imide groups is 1. The van der Waals surface area contributed by atoms with Crippen LogP contribution in [0.1, 0.15) is 40.8 Å². The zero-order valence-corrected chi connectivity index (χ0v) is 31.3. The fourth-order valence-corrected chi connectivity index (χ4v) is 9.28. The summed E-state index contributed by atoms with van der Waals surface area (Å²) in [6, 6.07) is 5.72. The number of aromatic nitrogens is 5. The van der Waals surface area contributed by atoms with Gasteiger partial charge < -0.3 is 19.1 Å². The lowest BCUT2D eigenvalue weighted by atomic mass is 9.64. The maximum atomic E-state index is 14.2. The SMILES string of the molecule is COc1cc2nc(CCn3c(=O)n4n(c3=O)[C@@H]3C[C@@]5(Cl)C(=O)N(CBr)C(=O)[C@@]5(Cl)[C@@H](c5cc(C)c(O)c(C)c5)C3=CC4)c(=O)n(C)c2cc1OC. The minimum absolute atomic E-state index is 0.0381. The van der Waals surface area contributed by atoms with Gasteiger partial charge in [-0.25, -0.2) is 28.5 Å². The average molecular weight is 804 g/mol. The second-order valence-electron chi connectivity index (χ2n) is 13.0. The molecule has 1 saturated carbocycles. The van der Waals surface area contributed by atoms with Crippen LogP contribution in [0.15, 0.2) is 50.3 Å². The fraction of sp³-hybridized carbons (Fsp3) is 0.412. The number of phenols is 1. The summed E-state index contributed by atoms with van der Waals surface area (Å²) < 4.78 is 15.7. The predicted molar refractivity (Wildman–Crippen MR) is 192 cm³/mol. The number of nitrogens with zero attached hydrogens (tertiary/aromatic N) is 6. The Morgan fingerprint density at radius 2 is 1.63 bits per heavy atom. The van der Waals surface area contributed by atoms with Gasteiger partial charge in [0.2, 0.25) is 0 Å². The molecule has 3 aliphatic rings. The number of carbonyl (C=O) groups excluding carboxylic acids is 2. The zero-order chi connectivity index (χ0) is 36.9. The highest BCUT2D eigenvalue weighted by Crippen LogP contribution is 2.63. The number of hydrogen-bond acceptors (Lipinski definition) is 9. The Hall–Kier alpha value is -4.34. The minimum Gasteiger partial charge on any atom is -0.507 e. The Bertz CT molecular complexity index is 2390. The van der Waals surface area contributed by atoms with E-state index in [1.165, 1.54) is 28.2 Å². The number of phenolic OH excluding ortho intramolecular Hbond substituents is 1. The van der Waals surface area contributed by atoms with Gasteiger partial charge in [0.15, 0.2) is 21.2 Å². The van der Waals surface area contributed by atoms with Crippen molar-refractivity contribution < 1.29 is 24.2 Å². The molecule has 14 nitrogen and oxygen atoms in total. The second-order valence-corrected chi connectivity index (χ2v) is 14.8. The third-order valence-electron chi connectivity index (χ3n) is 10.4. The molecule has 7 rings (SSSR count). The predicted octanol–water partition coefficient (Wildman–Crippen LogP) is 2.99. The lowest BCUT2D eigenvalue weighted by Crippen LogP contribution is -2.59. The van der Waals surface area contributed by atoms with Crippen molar-refractivity contribution in [2.24, 2.45) is 7.05 Å². The van der Waals surface area contributed by atoms with Crippen LogP contribution in [0, 0.1) is 13.8 Å². The molecule has 2 amide bonds. The maximum Gasteiger partial charge on any atom is 0.347 e. The van der Waals surface area contributed by atoms with Crippen molar-refractivity contribution in [2.45, 2.75) is 61.5 Å². The van der Waals surface area contributed by atoms with Crippen LogP contribution >= 0.6 is 39.1 Å². The quantitative estimate of drug-likeness (QED) is 0.128. The summed E-state index contributed by atoms with van der Waals surface area (Å²) in [6.45, 7) is 3.20. The van der Waals surface area contributed by atoms with Crippen molar-refractivity contribution in [3.63, 3.8) is 0 Å². The number of halogens is 3. The first kappa shape index (κ1) is 35.1. The van der Waals surface area contributed by atoms with Crippen molar-refractivity contribution >= 4 is 62.0 Å². The van der Waals surface area contributed by atoms with Crippen molar-refractivity contribution in [2.75, 3.05) is 19.7 Å². The van der Waals surface area contributed by atoms with E-state index < -0.39 is 50.5 Å². The molecule has 1 saturated heterocycles. The van der Waals surface area contributed by atoms with Crippen LogP contribution in [0.25, 0.3) is 11.0 Å². The summed E-state index contributed by atoms with van der Waals surface area (Å²) in [4.78, 5) is 70.8. The minimum atomic E-state index is -2.00. The number of ether oxygens (including phenoxy) is 2. The number of carbonyl (C=O) groups is 2. The van der Waals surface area contributed by atoms with Gasteiger partial charge in [0.05, 0.1) is 43.3 Å². The molecule has 17 heteroatoms. The summed E-state index contributed by atoms with van der Waals surface area (Å²) in [5, 5.41) is 10.6. The van der Waals surface area contributed by atoms with E-state index in [0.29, 0.717) is 44.8 Å². The van der Waals surface area contributed by atoms with Crippen molar-refractivity contribution in [3.8, 4) is 17.2 Å². The summed E-state index contributed by atoms with van der Waals surface area (Å²) >= 11 is 17.8. The monoisotopic (exact) mass is 802 g/mol. The van der Waals surface area contributed by atoms with Gasteiger partial charge in [-0.2, -0.15) is 0 Å². The van der Waals surface area contributed by atoms with Gasteiger partial charge in [-0.05, 0) is 36.1 Å². The van der Waals surface area contributed by atoms with E-state index in [4.69, 9.17) is 32.7 Å². The van der Waals surface area contributed by atoms with Crippen LogP contribution in [0.2, 0.25) is 0 Å². The molecule has 4 aromatic rings. The number of allylic oxidation sites excluding steroid dienone is 2. The summed E-state index contributed by atoms with van der Waals surface area (Å²) in [7, 11) is 4.56. The number of aromatic hydroxyl groups is 1. The Morgan fingerprint density at radius 1 is 0.980 bits per heavy atom. The first-order chi connectivity index (χ1) is 24.1. The molecule has 2 aromatic heterocycles. The first-order valence-corrected chi connectivity index (χ1v) is 17.9. The third-order valence-corrected chi connectivity index (χ3v) is 12.3. The molecule has 2 aromatic carbocycles. The van der Waals surface area contributed by atoms with Crippen LogP contribution in [0.5, 0.6) is 17.2 Å². The molecule has 0 radical (unpaired) electrons. The molecular weight excluding hydrogens is 771 g/mol. The van der Waals surface area contributed by atoms with E-state index in [9.17, 15) is 29.1 Å². The van der Waals surface area contributed by atoms with Crippen LogP contribution in [0.4, 0.5) is 0 Å². The van der Waals surface area contributed by atoms with E-state index in [2.05, 4.69) is 20.9 Å². The van der Waals surface area contributed by atoms with Gasteiger partial charge in [-0.1, -0.05) is 34.1 Å². The molecule has 4 atom stereocenters. The molecule has 1 N–H and O–H groups in total. The van der Waals surface area contributed by atoms with Gasteiger partial charge >= 0.3 is 11.4 Å². The number of rotatable bonds is 7. The lowest BCUT2D eigenvalue weighted by molar-refractivity contribution is -0.138. The highest BCUT2D eigenvalue weighted by atomic mass is 79.9. The smallest absolute Gasteiger partial charge is 0.347 e. The van der Waals surface area contributed by atoms with Gasteiger partial charge in [0, 0.05) is 44.5 Å². The Morgan fingerprint density at radius 3 is 2.25 bits per heavy atom. The molecule has 2 fully saturated rings. The molecule has 0 spiro atoms. The summed E-state index contributed by atoms with van der Waals surface area (Å²) in [5.74, 6) is -1.51. The van der Waals surface area contributed by atoms with Crippen molar-refractivity contribution in [3.05, 3.63) is 89.6 Å². The number of amides is 2. The average Bonchev–Trinajstić information content (AvgIpc) is 3.43. The summed E-state index contributed by atoms with van der Waals surface area (Å²) in [6.07, 6.45) is 1.44. The standard InChI is InChI=1S/C34H33BrCl2N6O8/c1-16-10-18(11-17(2)27(16)44)26-19-6-9-42-31(48)40(8-7-20-28(45)39(3)22-13-25(51-5)24(50-4)12-21(22)38-20)32(49)43(42)23(19)14-33(36)29(46)41(15-35)30(47)34(26,33)37/h6,10-13,23,26,44H,7-9,14-15H2,1-5H3/t23-,26+,33-,34+/m1/s1. The largest absolute Gasteiger partial charge is 0.507 e. The lowest BCUT2D eigenvalue weighted by Gasteiger charge is -2.49. The topological polar surface area (TPSA) is 160 Å². The second kappa shape index (κ2) is 12.1. The number of fused-ring (bicyclic) bond motifs is 5. The maximum absolute atomic E-state index is 14.2. The first-order valence-electron chi connectivity index (χ1n) is 16.0. The Kier molecular flexibility index (Phi) is 8.34. The number of likely N-dealkylation sites (tertiary alicyclic amines) is 1. The van der Waals surface area contributed by atoms with E-state index >= 15 is 0 Å². The molecule has 1 aliphatic carbocycles. The summed E-state index contributed by atoms with van der Waals surface area (Å²) in [5.41, 5.74) is 1.31. The number of alkyl halides is 3. The van der Waals surface area contributed by atoms with E-state index in [-0.39, 0.29) is 42.8 Å². The third kappa shape index (κ3) is 4.73. The zero-order valence-electron chi connectivity index (χ0n) is 28.2. The molecule has 268 valence electrons. The van der Waals surface area contributed by atoms with Crippen molar-refractivity contribution in [1.82, 2.24) is 28.4 Å². The normalized spacial score (nSPS) is 24.0. The fourth-order valence-electron chi connectivity index (χ4n) is 7.87. The molecular formula is C34H33BrCl2N6O8. The number of hydrogen-bond donors (Lipinski definition) is 1. The van der Waals surface area contributed by atoms with Gasteiger partial charge in [-0.3, -0.25) is 19.3 Å². The van der Waals surface area contributed by atoms with Crippen LogP contribution in [0.3, 0.4) is 0 Å². The number of methoxy groups -OCH3 is 2. The van der Waals surface area contributed by atoms with Gasteiger partial charge in [0.25, 0.3) is 17.4 Å². The van der Waals surface area contributed by atoms with E-state index in [1.54, 1.807) is 51.2 Å². The van der Waals surface area contributed by atoms with Crippen LogP contribution in [-0.4, -0.2) is 74.7 Å². The number of benzene rings is 2. The van der Waals surface area contributed by atoms with E-state index in [1.807, 2.05) is 0 Å². The molecule has 0 unspecified atom stereocenters. The molecule has 0 bridgehead atoms. The molecule has 4 heterocycles. The molecule has 2 aliphatic heterocycles. The van der Waals surface area contributed by atoms with Gasteiger partial charge in [0.1, 0.15) is 11.4 Å². The Balaban J connectivity index is 1.33. The Labute approximate surface area is 308 Å².